The normalized spacial score (nSPS) is 20.2. The van der Waals surface area contributed by atoms with E-state index in [4.69, 9.17) is 0 Å². The third-order valence-electron chi connectivity index (χ3n) is 2.72. The van der Waals surface area contributed by atoms with E-state index in [1.807, 2.05) is 18.8 Å². The van der Waals surface area contributed by atoms with Crippen LogP contribution in [0.2, 0.25) is 0 Å². The molecule has 2 aromatic rings. The second-order valence-corrected chi connectivity index (χ2v) is 4.26. The summed E-state index contributed by atoms with van der Waals surface area (Å²) in [4.78, 5) is 4.39. The number of hydrogen-bond donors (Lipinski definition) is 1. The van der Waals surface area contributed by atoms with Gasteiger partial charge in [0.25, 0.3) is 0 Å². The number of rotatable bonds is 1. The number of hydrogen-bond acceptors (Lipinski definition) is 5. The van der Waals surface area contributed by atoms with Crippen molar-refractivity contribution in [2.75, 3.05) is 6.54 Å². The van der Waals surface area contributed by atoms with Gasteiger partial charge in [0.2, 0.25) is 0 Å². The van der Waals surface area contributed by atoms with Crippen LogP contribution >= 0.6 is 11.5 Å². The molecule has 0 amide bonds. The predicted octanol–water partition coefficient (Wildman–Crippen LogP) is 0.507. The van der Waals surface area contributed by atoms with Gasteiger partial charge in [0.1, 0.15) is 0 Å². The summed E-state index contributed by atoms with van der Waals surface area (Å²) in [5.41, 5.74) is 3.38. The summed E-state index contributed by atoms with van der Waals surface area (Å²) in [6.45, 7) is 0.951. The molecule has 1 atom stereocenters. The molecule has 0 saturated heterocycles. The van der Waals surface area contributed by atoms with Gasteiger partial charge in [0, 0.05) is 25.4 Å². The number of fused-ring (bicyclic) bond motifs is 1. The number of nitrogens with one attached hydrogen (secondary N) is 1. The lowest BCUT2D eigenvalue weighted by Crippen LogP contribution is -2.32. The van der Waals surface area contributed by atoms with Gasteiger partial charge in [-0.1, -0.05) is 4.49 Å². The zero-order valence-corrected chi connectivity index (χ0v) is 9.16. The molecule has 1 unspecified atom stereocenters. The van der Waals surface area contributed by atoms with Crippen molar-refractivity contribution in [2.45, 2.75) is 12.5 Å². The molecular weight excluding hydrogens is 210 g/mol. The highest BCUT2D eigenvalue weighted by Gasteiger charge is 2.26. The van der Waals surface area contributed by atoms with Crippen LogP contribution in [0.4, 0.5) is 0 Å². The van der Waals surface area contributed by atoms with Crippen molar-refractivity contribution < 1.29 is 0 Å². The number of aryl methyl sites for hydroxylation is 1. The second-order valence-electron chi connectivity index (χ2n) is 3.65. The fraction of sp³-hybridized carbons (Fsp3) is 0.444. The molecule has 3 rings (SSSR count). The molecule has 0 aromatic carbocycles. The zero-order chi connectivity index (χ0) is 10.3. The highest BCUT2D eigenvalue weighted by molar-refractivity contribution is 7.03. The van der Waals surface area contributed by atoms with E-state index < -0.39 is 0 Å². The molecule has 1 aliphatic heterocycles. The van der Waals surface area contributed by atoms with Crippen molar-refractivity contribution in [2.24, 2.45) is 7.05 Å². The summed E-state index contributed by atoms with van der Waals surface area (Å²) in [5.74, 6) is 0. The molecule has 1 aliphatic rings. The van der Waals surface area contributed by atoms with E-state index in [-0.39, 0.29) is 6.04 Å². The van der Waals surface area contributed by atoms with Crippen LogP contribution in [0.15, 0.2) is 11.7 Å². The molecule has 1 N–H and O–H groups in total. The Balaban J connectivity index is 2.09. The minimum Gasteiger partial charge on any atom is -0.336 e. The molecule has 0 bridgehead atoms. The molecule has 2 aromatic heterocycles. The van der Waals surface area contributed by atoms with Crippen LogP contribution in [0.5, 0.6) is 0 Å². The predicted molar refractivity (Wildman–Crippen MR) is 56.7 cm³/mol. The molecule has 5 nitrogen and oxygen atoms in total. The van der Waals surface area contributed by atoms with Gasteiger partial charge in [-0.25, -0.2) is 4.98 Å². The third-order valence-corrected chi connectivity index (χ3v) is 3.24. The number of nitrogens with zero attached hydrogens (tertiary/aromatic N) is 4. The SMILES string of the molecule is Cn1cnc2c1C(c1csnn1)NCC2. The summed E-state index contributed by atoms with van der Waals surface area (Å²) in [6, 6.07) is 0.153. The van der Waals surface area contributed by atoms with Crippen LogP contribution in [0.25, 0.3) is 0 Å². The van der Waals surface area contributed by atoms with Crippen molar-refractivity contribution >= 4 is 11.5 Å². The largest absolute Gasteiger partial charge is 0.336 e. The Kier molecular flexibility index (Phi) is 2.03. The Hall–Kier alpha value is -1.27. The summed E-state index contributed by atoms with van der Waals surface area (Å²) in [7, 11) is 2.02. The topological polar surface area (TPSA) is 55.6 Å². The van der Waals surface area contributed by atoms with Crippen molar-refractivity contribution in [1.29, 1.82) is 0 Å². The molecule has 78 valence electrons. The van der Waals surface area contributed by atoms with Gasteiger partial charge in [-0.3, -0.25) is 0 Å². The van der Waals surface area contributed by atoms with Crippen LogP contribution in [0.1, 0.15) is 23.1 Å². The first-order chi connectivity index (χ1) is 7.36. The fourth-order valence-corrected chi connectivity index (χ4v) is 2.50. The minimum atomic E-state index is 0.153. The van der Waals surface area contributed by atoms with E-state index in [1.165, 1.54) is 22.9 Å². The highest BCUT2D eigenvalue weighted by Crippen LogP contribution is 2.26. The van der Waals surface area contributed by atoms with Crippen molar-refractivity contribution in [1.82, 2.24) is 24.5 Å². The van der Waals surface area contributed by atoms with Crippen molar-refractivity contribution in [3.63, 3.8) is 0 Å². The van der Waals surface area contributed by atoms with E-state index in [1.54, 1.807) is 0 Å². The molecule has 6 heteroatoms. The fourth-order valence-electron chi connectivity index (χ4n) is 2.02. The summed E-state index contributed by atoms with van der Waals surface area (Å²) >= 11 is 1.39. The van der Waals surface area contributed by atoms with Crippen LogP contribution in [-0.2, 0) is 13.5 Å². The molecule has 0 spiro atoms. The maximum Gasteiger partial charge on any atom is 0.0986 e. The Bertz CT molecular complexity index is 461. The van der Waals surface area contributed by atoms with Crippen LogP contribution in [0, 0.1) is 0 Å². The van der Waals surface area contributed by atoms with Gasteiger partial charge in [0.15, 0.2) is 0 Å². The Morgan fingerprint density at radius 2 is 2.53 bits per heavy atom. The van der Waals surface area contributed by atoms with Crippen molar-refractivity contribution in [3.05, 3.63) is 28.8 Å². The molecule has 0 saturated carbocycles. The zero-order valence-electron chi connectivity index (χ0n) is 8.34. The maximum absolute atomic E-state index is 4.39. The van der Waals surface area contributed by atoms with Crippen LogP contribution in [-0.4, -0.2) is 25.7 Å². The Morgan fingerprint density at radius 3 is 3.33 bits per heavy atom. The van der Waals surface area contributed by atoms with Gasteiger partial charge in [-0.05, 0) is 11.5 Å². The number of aromatic nitrogens is 4. The molecule has 3 heterocycles. The van der Waals surface area contributed by atoms with E-state index >= 15 is 0 Å². The highest BCUT2D eigenvalue weighted by atomic mass is 32.1. The lowest BCUT2D eigenvalue weighted by molar-refractivity contribution is 0.525. The lowest BCUT2D eigenvalue weighted by Gasteiger charge is -2.22. The van der Waals surface area contributed by atoms with E-state index in [9.17, 15) is 0 Å². The summed E-state index contributed by atoms with van der Waals surface area (Å²) < 4.78 is 5.97. The van der Waals surface area contributed by atoms with E-state index in [2.05, 4.69) is 24.5 Å². The first kappa shape index (κ1) is 8.99. The van der Waals surface area contributed by atoms with Crippen molar-refractivity contribution in [3.8, 4) is 0 Å². The molecule has 15 heavy (non-hydrogen) atoms. The average Bonchev–Trinajstić information content (AvgIpc) is 2.88. The van der Waals surface area contributed by atoms with Gasteiger partial charge in [-0.2, -0.15) is 0 Å². The van der Waals surface area contributed by atoms with Gasteiger partial charge in [-0.15, -0.1) is 5.10 Å². The lowest BCUT2D eigenvalue weighted by atomic mass is 10.0. The quantitative estimate of drug-likeness (QED) is 0.762. The van der Waals surface area contributed by atoms with E-state index in [0.717, 1.165) is 18.7 Å². The monoisotopic (exact) mass is 221 g/mol. The molecule has 0 fully saturated rings. The van der Waals surface area contributed by atoms with Gasteiger partial charge in [0.05, 0.1) is 29.5 Å². The van der Waals surface area contributed by atoms with Crippen LogP contribution < -0.4 is 5.32 Å². The third kappa shape index (κ3) is 1.37. The van der Waals surface area contributed by atoms with E-state index in [0.29, 0.717) is 0 Å². The van der Waals surface area contributed by atoms with Gasteiger partial charge < -0.3 is 9.88 Å². The minimum absolute atomic E-state index is 0.153. The molecule has 0 aliphatic carbocycles. The summed E-state index contributed by atoms with van der Waals surface area (Å²) in [5, 5.41) is 9.56. The standard InChI is InChI=1S/C9H11N5S/c1-14-5-11-6-2-3-10-8(9(6)14)7-4-15-13-12-7/h4-5,8,10H,2-3H2,1H3. The summed E-state index contributed by atoms with van der Waals surface area (Å²) in [6.07, 6.45) is 2.86. The number of imidazole rings is 1. The van der Waals surface area contributed by atoms with Crippen LogP contribution in [0.3, 0.4) is 0 Å². The Morgan fingerprint density at radius 1 is 1.60 bits per heavy atom. The van der Waals surface area contributed by atoms with Gasteiger partial charge >= 0.3 is 0 Å². The second kappa shape index (κ2) is 3.39. The molecule has 0 radical (unpaired) electrons. The first-order valence-corrected chi connectivity index (χ1v) is 5.70. The Labute approximate surface area is 91.3 Å². The smallest absolute Gasteiger partial charge is 0.0986 e. The maximum atomic E-state index is 4.39. The molecular formula is C9H11N5S. The first-order valence-electron chi connectivity index (χ1n) is 4.86. The average molecular weight is 221 g/mol.